The van der Waals surface area contributed by atoms with E-state index in [-0.39, 0.29) is 49.4 Å². The van der Waals surface area contributed by atoms with Gasteiger partial charge in [-0.1, -0.05) is 55.4 Å². The Morgan fingerprint density at radius 3 is 0.625 bits per heavy atom. The molecule has 320 valence electrons. The number of hydrogen-bond acceptors (Lipinski definition) is 12. The first-order chi connectivity index (χ1) is 25.7. The molecule has 16 heteroatoms. The Kier molecular flexibility index (Phi) is 19.5. The molecule has 1 rings (SSSR count). The lowest BCUT2D eigenvalue weighted by molar-refractivity contribution is -0.175. The molecule has 0 bridgehead atoms. The third-order valence-electron chi connectivity index (χ3n) is 9.69. The molecule has 0 aromatic carbocycles. The van der Waals surface area contributed by atoms with E-state index in [2.05, 4.69) is 0 Å². The minimum absolute atomic E-state index is 0.109. The van der Waals surface area contributed by atoms with E-state index in [1.165, 1.54) is 55.9 Å². The van der Waals surface area contributed by atoms with Crippen LogP contribution in [0.1, 0.15) is 109 Å². The third kappa shape index (κ3) is 14.1. The molecule has 16 nitrogen and oxygen atoms in total. The van der Waals surface area contributed by atoms with Gasteiger partial charge in [0.25, 0.3) is 23.6 Å². The first-order valence-electron chi connectivity index (χ1n) is 19.6. The quantitative estimate of drug-likeness (QED) is 0.258. The number of hydrogen-bond donors (Lipinski definition) is 0. The molecule has 8 unspecified atom stereocenters. The Hall–Kier alpha value is -4.24. The van der Waals surface area contributed by atoms with Crippen molar-refractivity contribution < 1.29 is 57.3 Å². The molecule has 1 aliphatic rings. The van der Waals surface area contributed by atoms with Crippen LogP contribution in [0.25, 0.3) is 0 Å². The van der Waals surface area contributed by atoms with E-state index >= 15 is 0 Å². The highest BCUT2D eigenvalue weighted by Gasteiger charge is 2.41. The maximum Gasteiger partial charge on any atom is 0.329 e. The van der Waals surface area contributed by atoms with Crippen LogP contribution in [0.5, 0.6) is 0 Å². The number of carbonyl (C=O) groups excluding carboxylic acids is 8. The molecule has 0 spiro atoms. The van der Waals surface area contributed by atoms with Crippen molar-refractivity contribution in [2.24, 2.45) is 23.7 Å². The third-order valence-corrected chi connectivity index (χ3v) is 9.69. The van der Waals surface area contributed by atoms with Crippen molar-refractivity contribution in [2.45, 2.75) is 157 Å². The van der Waals surface area contributed by atoms with E-state index in [0.29, 0.717) is 0 Å². The van der Waals surface area contributed by atoms with Crippen molar-refractivity contribution in [1.29, 1.82) is 0 Å². The minimum Gasteiger partial charge on any atom is -0.451 e. The van der Waals surface area contributed by atoms with Crippen LogP contribution in [0.4, 0.5) is 0 Å². The molecule has 0 aromatic rings. The number of esters is 4. The summed E-state index contributed by atoms with van der Waals surface area (Å²) in [6.45, 7) is 20.1. The number of rotatable bonds is 8. The van der Waals surface area contributed by atoms with Crippen LogP contribution in [0.3, 0.4) is 0 Å². The van der Waals surface area contributed by atoms with Gasteiger partial charge in [0.15, 0.2) is 24.4 Å². The van der Waals surface area contributed by atoms with Crippen LogP contribution in [-0.4, -0.2) is 144 Å². The highest BCUT2D eigenvalue weighted by molar-refractivity contribution is 5.94. The SMILES string of the molecule is CC(C)CC1C(=O)OC(C)C(=O)N(C)C(CC(C)C)C(=O)OC(C)C(=O)N(C)C(CC(C)C)C(=O)OC(C)C(=O)N(C)C(CC(C)C)C(=O)OC(C)C(=O)N1C. The molecule has 56 heavy (non-hydrogen) atoms. The molecule has 0 aliphatic carbocycles. The van der Waals surface area contributed by atoms with Crippen molar-refractivity contribution in [2.75, 3.05) is 28.2 Å². The molecular weight excluding hydrogens is 728 g/mol. The summed E-state index contributed by atoms with van der Waals surface area (Å²) in [5.41, 5.74) is 0. The largest absolute Gasteiger partial charge is 0.451 e. The number of likely N-dealkylation sites (N-methyl/N-ethyl adjacent to an activating group) is 4. The number of ether oxygens (including phenoxy) is 4. The predicted molar refractivity (Wildman–Crippen MR) is 206 cm³/mol. The Morgan fingerprint density at radius 1 is 0.357 bits per heavy atom. The van der Waals surface area contributed by atoms with E-state index in [1.807, 2.05) is 55.4 Å². The van der Waals surface area contributed by atoms with Crippen molar-refractivity contribution in [3.63, 3.8) is 0 Å². The Bertz CT molecular complexity index is 1210. The average molecular weight is 797 g/mol. The molecule has 1 heterocycles. The Balaban J connectivity index is 3.82. The van der Waals surface area contributed by atoms with Crippen LogP contribution in [-0.2, 0) is 57.3 Å². The summed E-state index contributed by atoms with van der Waals surface area (Å²) in [7, 11) is 5.45. The first kappa shape index (κ1) is 49.8. The van der Waals surface area contributed by atoms with Gasteiger partial charge in [0.1, 0.15) is 24.2 Å². The molecule has 1 fully saturated rings. The molecule has 0 saturated carbocycles. The molecule has 1 aliphatic heterocycles. The van der Waals surface area contributed by atoms with Crippen molar-refractivity contribution in [3.8, 4) is 0 Å². The minimum atomic E-state index is -1.39. The zero-order valence-corrected chi connectivity index (χ0v) is 36.4. The average Bonchev–Trinajstić information content (AvgIpc) is 3.10. The Morgan fingerprint density at radius 2 is 0.500 bits per heavy atom. The van der Waals surface area contributed by atoms with Crippen molar-refractivity contribution in [3.05, 3.63) is 0 Å². The summed E-state index contributed by atoms with van der Waals surface area (Å²) in [6, 6.07) is -4.72. The van der Waals surface area contributed by atoms with Crippen LogP contribution >= 0.6 is 0 Å². The van der Waals surface area contributed by atoms with Gasteiger partial charge in [-0.15, -0.1) is 0 Å². The van der Waals surface area contributed by atoms with Crippen LogP contribution < -0.4 is 0 Å². The number of amides is 4. The fourth-order valence-electron chi connectivity index (χ4n) is 6.41. The van der Waals surface area contributed by atoms with Gasteiger partial charge < -0.3 is 38.5 Å². The van der Waals surface area contributed by atoms with E-state index in [9.17, 15) is 38.4 Å². The second-order valence-electron chi connectivity index (χ2n) is 16.7. The van der Waals surface area contributed by atoms with Gasteiger partial charge in [0.05, 0.1) is 0 Å². The van der Waals surface area contributed by atoms with Gasteiger partial charge in [0.2, 0.25) is 0 Å². The summed E-state index contributed by atoms with van der Waals surface area (Å²) >= 11 is 0. The van der Waals surface area contributed by atoms with Crippen molar-refractivity contribution in [1.82, 2.24) is 19.6 Å². The number of carbonyl (C=O) groups is 8. The summed E-state index contributed by atoms with van der Waals surface area (Å²) in [6.07, 6.45) is -5.01. The van der Waals surface area contributed by atoms with Gasteiger partial charge in [0, 0.05) is 28.2 Å². The van der Waals surface area contributed by atoms with Gasteiger partial charge in [-0.05, 0) is 77.0 Å². The zero-order chi connectivity index (χ0) is 43.5. The maximum atomic E-state index is 13.7. The van der Waals surface area contributed by atoms with Gasteiger partial charge in [-0.2, -0.15) is 0 Å². The standard InChI is InChI=1S/C40H68N4O12/c1-21(2)17-29-37(49)53-26(10)34(46)42(14)31(19-23(5)6)39(51)55-28(12)36(48)44(16)32(20-24(7)8)40(52)56-27(11)35(47)43(15)30(18-22(3)4)38(50)54-25(9)33(45)41(29)13/h21-32H,17-20H2,1-16H3. The van der Waals surface area contributed by atoms with Crippen LogP contribution in [0, 0.1) is 23.7 Å². The summed E-state index contributed by atoms with van der Waals surface area (Å²) in [4.78, 5) is 114. The smallest absolute Gasteiger partial charge is 0.329 e. The lowest BCUT2D eigenvalue weighted by Gasteiger charge is -2.34. The van der Waals surface area contributed by atoms with E-state index < -0.39 is 96.1 Å². The lowest BCUT2D eigenvalue weighted by Crippen LogP contribution is -2.54. The summed E-state index contributed by atoms with van der Waals surface area (Å²) in [5, 5.41) is 0. The monoisotopic (exact) mass is 796 g/mol. The van der Waals surface area contributed by atoms with E-state index in [0.717, 1.165) is 19.6 Å². The number of nitrogens with zero attached hydrogens (tertiary/aromatic N) is 4. The molecule has 1 saturated heterocycles. The predicted octanol–water partition coefficient (Wildman–Crippen LogP) is 3.22. The molecule has 0 aromatic heterocycles. The lowest BCUT2D eigenvalue weighted by atomic mass is 10.0. The molecule has 0 N–H and O–H groups in total. The Labute approximate surface area is 333 Å². The summed E-state index contributed by atoms with van der Waals surface area (Å²) < 4.78 is 22.5. The normalized spacial score (nSPS) is 28.2. The molecule has 0 radical (unpaired) electrons. The highest BCUT2D eigenvalue weighted by Crippen LogP contribution is 2.22. The second-order valence-corrected chi connectivity index (χ2v) is 16.7. The molecule has 8 atom stereocenters. The maximum absolute atomic E-state index is 13.7. The van der Waals surface area contributed by atoms with E-state index in [1.54, 1.807) is 0 Å². The van der Waals surface area contributed by atoms with Crippen LogP contribution in [0.15, 0.2) is 0 Å². The second kappa shape index (κ2) is 21.9. The first-order valence-corrected chi connectivity index (χ1v) is 19.6. The topological polar surface area (TPSA) is 186 Å². The zero-order valence-electron chi connectivity index (χ0n) is 36.4. The van der Waals surface area contributed by atoms with Gasteiger partial charge >= 0.3 is 23.9 Å². The van der Waals surface area contributed by atoms with Gasteiger partial charge in [-0.3, -0.25) is 19.2 Å². The van der Waals surface area contributed by atoms with Crippen LogP contribution in [0.2, 0.25) is 0 Å². The van der Waals surface area contributed by atoms with E-state index in [4.69, 9.17) is 18.9 Å². The highest BCUT2D eigenvalue weighted by atomic mass is 16.6. The summed E-state index contributed by atoms with van der Waals surface area (Å²) in [5.74, 6) is -6.88. The van der Waals surface area contributed by atoms with Crippen molar-refractivity contribution >= 4 is 47.5 Å². The fourth-order valence-corrected chi connectivity index (χ4v) is 6.41. The van der Waals surface area contributed by atoms with Gasteiger partial charge in [-0.25, -0.2) is 19.2 Å². The molecular formula is C40H68N4O12. The molecule has 4 amide bonds. The number of cyclic esters (lactones) is 4. The fraction of sp³-hybridized carbons (Fsp3) is 0.800.